The fourth-order valence-electron chi connectivity index (χ4n) is 1.36. The Morgan fingerprint density at radius 3 is 2.20 bits per heavy atom. The second kappa shape index (κ2) is 4.92. The maximum atomic E-state index is 4.45. The highest BCUT2D eigenvalue weighted by molar-refractivity contribution is 5.82. The summed E-state index contributed by atoms with van der Waals surface area (Å²) in [7, 11) is 0. The molecular formula is C14H19N. The summed E-state index contributed by atoms with van der Waals surface area (Å²) in [5.41, 5.74) is 2.42. The van der Waals surface area contributed by atoms with E-state index in [0.29, 0.717) is 0 Å². The Bertz CT molecular complexity index is 353. The number of rotatable bonds is 2. The average molecular weight is 201 g/mol. The SMILES string of the molecule is C/C=C(\C=Nc1ccccc1)C(C)(C)C. The van der Waals surface area contributed by atoms with Crippen molar-refractivity contribution in [1.29, 1.82) is 0 Å². The van der Waals surface area contributed by atoms with Gasteiger partial charge >= 0.3 is 0 Å². The smallest absolute Gasteiger partial charge is 0.0629 e. The lowest BCUT2D eigenvalue weighted by Crippen LogP contribution is -2.09. The first kappa shape index (κ1) is 11.7. The minimum absolute atomic E-state index is 0.160. The topological polar surface area (TPSA) is 12.4 Å². The molecule has 0 N–H and O–H groups in total. The molecule has 0 aliphatic carbocycles. The van der Waals surface area contributed by atoms with Gasteiger partial charge in [0.25, 0.3) is 0 Å². The highest BCUT2D eigenvalue weighted by Crippen LogP contribution is 2.24. The fourth-order valence-corrected chi connectivity index (χ4v) is 1.36. The standard InChI is InChI=1S/C14H19N/c1-5-12(14(2,3)4)11-15-13-9-7-6-8-10-13/h5-11H,1-4H3/b12-5+,15-11?. The van der Waals surface area contributed by atoms with Crippen LogP contribution in [0.15, 0.2) is 47.0 Å². The first-order valence-electron chi connectivity index (χ1n) is 5.30. The predicted molar refractivity (Wildman–Crippen MR) is 67.8 cm³/mol. The van der Waals surface area contributed by atoms with Gasteiger partial charge in [0, 0.05) is 6.21 Å². The molecule has 0 spiro atoms. The molecular weight excluding hydrogens is 182 g/mol. The number of para-hydroxylation sites is 1. The summed E-state index contributed by atoms with van der Waals surface area (Å²) < 4.78 is 0. The Balaban J connectivity index is 2.82. The molecule has 0 fully saturated rings. The van der Waals surface area contributed by atoms with E-state index in [0.717, 1.165) is 5.69 Å². The van der Waals surface area contributed by atoms with E-state index >= 15 is 0 Å². The van der Waals surface area contributed by atoms with Gasteiger partial charge in [-0.2, -0.15) is 0 Å². The maximum absolute atomic E-state index is 4.45. The van der Waals surface area contributed by atoms with Crippen molar-refractivity contribution in [2.45, 2.75) is 27.7 Å². The molecule has 0 heterocycles. The van der Waals surface area contributed by atoms with E-state index in [4.69, 9.17) is 0 Å². The van der Waals surface area contributed by atoms with Gasteiger partial charge in [0.15, 0.2) is 0 Å². The first-order valence-corrected chi connectivity index (χ1v) is 5.30. The summed E-state index contributed by atoms with van der Waals surface area (Å²) in [5.74, 6) is 0. The highest BCUT2D eigenvalue weighted by Gasteiger charge is 2.13. The maximum Gasteiger partial charge on any atom is 0.0629 e. The summed E-state index contributed by atoms with van der Waals surface area (Å²) in [6, 6.07) is 10.0. The molecule has 0 aliphatic heterocycles. The van der Waals surface area contributed by atoms with Crippen LogP contribution >= 0.6 is 0 Å². The van der Waals surface area contributed by atoms with Crippen LogP contribution in [0.5, 0.6) is 0 Å². The molecule has 1 rings (SSSR count). The van der Waals surface area contributed by atoms with Crippen LogP contribution in [-0.2, 0) is 0 Å². The minimum atomic E-state index is 0.160. The van der Waals surface area contributed by atoms with E-state index in [2.05, 4.69) is 38.8 Å². The number of benzene rings is 1. The Morgan fingerprint density at radius 1 is 1.13 bits per heavy atom. The number of nitrogens with zero attached hydrogens (tertiary/aromatic N) is 1. The van der Waals surface area contributed by atoms with Crippen LogP contribution in [0.3, 0.4) is 0 Å². The van der Waals surface area contributed by atoms with Crippen LogP contribution in [0.1, 0.15) is 27.7 Å². The van der Waals surface area contributed by atoms with E-state index in [1.807, 2.05) is 36.5 Å². The van der Waals surface area contributed by atoms with Gasteiger partial charge in [-0.1, -0.05) is 45.0 Å². The second-order valence-corrected chi connectivity index (χ2v) is 4.59. The van der Waals surface area contributed by atoms with Gasteiger partial charge in [0.05, 0.1) is 5.69 Å². The molecule has 0 bridgehead atoms. The Kier molecular flexibility index (Phi) is 3.84. The number of hydrogen-bond donors (Lipinski definition) is 0. The lowest BCUT2D eigenvalue weighted by atomic mass is 9.87. The molecule has 1 nitrogen and oxygen atoms in total. The van der Waals surface area contributed by atoms with Crippen LogP contribution in [0.25, 0.3) is 0 Å². The van der Waals surface area contributed by atoms with Crippen molar-refractivity contribution in [3.05, 3.63) is 42.0 Å². The summed E-state index contributed by atoms with van der Waals surface area (Å²) in [4.78, 5) is 4.45. The van der Waals surface area contributed by atoms with Gasteiger partial charge in [-0.3, -0.25) is 4.99 Å². The normalized spacial score (nSPS) is 13.5. The van der Waals surface area contributed by atoms with Crippen molar-refractivity contribution in [1.82, 2.24) is 0 Å². The molecule has 0 saturated carbocycles. The molecule has 0 unspecified atom stereocenters. The van der Waals surface area contributed by atoms with E-state index in [9.17, 15) is 0 Å². The lowest BCUT2D eigenvalue weighted by molar-refractivity contribution is 0.526. The zero-order valence-corrected chi connectivity index (χ0v) is 9.99. The van der Waals surface area contributed by atoms with Crippen molar-refractivity contribution < 1.29 is 0 Å². The second-order valence-electron chi connectivity index (χ2n) is 4.59. The van der Waals surface area contributed by atoms with E-state index < -0.39 is 0 Å². The molecule has 0 aliphatic rings. The van der Waals surface area contributed by atoms with E-state index in [1.54, 1.807) is 0 Å². The Morgan fingerprint density at radius 2 is 1.73 bits per heavy atom. The largest absolute Gasteiger partial charge is 0.257 e. The Labute approximate surface area is 92.6 Å². The third-order valence-electron chi connectivity index (χ3n) is 2.29. The zero-order valence-electron chi connectivity index (χ0n) is 9.99. The highest BCUT2D eigenvalue weighted by atomic mass is 14.7. The summed E-state index contributed by atoms with van der Waals surface area (Å²) >= 11 is 0. The Hall–Kier alpha value is -1.37. The molecule has 0 aromatic heterocycles. The number of allylic oxidation sites excluding steroid dienone is 2. The molecule has 0 radical (unpaired) electrons. The van der Waals surface area contributed by atoms with Gasteiger partial charge in [0.1, 0.15) is 0 Å². The third kappa shape index (κ3) is 3.70. The van der Waals surface area contributed by atoms with Crippen LogP contribution in [0.4, 0.5) is 5.69 Å². The van der Waals surface area contributed by atoms with Crippen LogP contribution in [-0.4, -0.2) is 6.21 Å². The first-order chi connectivity index (χ1) is 7.04. The summed E-state index contributed by atoms with van der Waals surface area (Å²) in [6.45, 7) is 8.63. The fraction of sp³-hybridized carbons (Fsp3) is 0.357. The third-order valence-corrected chi connectivity index (χ3v) is 2.29. The van der Waals surface area contributed by atoms with Crippen molar-refractivity contribution in [2.75, 3.05) is 0 Å². The van der Waals surface area contributed by atoms with Gasteiger partial charge in [0.2, 0.25) is 0 Å². The molecule has 1 aromatic carbocycles. The lowest BCUT2D eigenvalue weighted by Gasteiger charge is -2.19. The molecule has 0 saturated heterocycles. The van der Waals surface area contributed by atoms with E-state index in [1.165, 1.54) is 5.57 Å². The van der Waals surface area contributed by atoms with Crippen LogP contribution < -0.4 is 0 Å². The van der Waals surface area contributed by atoms with Gasteiger partial charge in [-0.15, -0.1) is 0 Å². The molecule has 80 valence electrons. The van der Waals surface area contributed by atoms with Gasteiger partial charge in [-0.05, 0) is 30.0 Å². The average Bonchev–Trinajstić information content (AvgIpc) is 2.18. The van der Waals surface area contributed by atoms with Gasteiger partial charge in [-0.25, -0.2) is 0 Å². The molecule has 1 aromatic rings. The minimum Gasteiger partial charge on any atom is -0.257 e. The van der Waals surface area contributed by atoms with Crippen molar-refractivity contribution >= 4 is 11.9 Å². The monoisotopic (exact) mass is 201 g/mol. The zero-order chi connectivity index (χ0) is 11.3. The van der Waals surface area contributed by atoms with Crippen molar-refractivity contribution in [3.63, 3.8) is 0 Å². The quantitative estimate of drug-likeness (QED) is 0.630. The van der Waals surface area contributed by atoms with Crippen molar-refractivity contribution in [2.24, 2.45) is 10.4 Å². The van der Waals surface area contributed by atoms with Crippen LogP contribution in [0.2, 0.25) is 0 Å². The van der Waals surface area contributed by atoms with Gasteiger partial charge < -0.3 is 0 Å². The number of hydrogen-bond acceptors (Lipinski definition) is 1. The van der Waals surface area contributed by atoms with E-state index in [-0.39, 0.29) is 5.41 Å². The summed E-state index contributed by atoms with van der Waals surface area (Å²) in [5, 5.41) is 0. The van der Waals surface area contributed by atoms with Crippen molar-refractivity contribution in [3.8, 4) is 0 Å². The number of aliphatic imine (C=N–C) groups is 1. The molecule has 15 heavy (non-hydrogen) atoms. The summed E-state index contributed by atoms with van der Waals surface area (Å²) in [6.07, 6.45) is 4.07. The molecule has 1 heteroatoms. The molecule has 0 atom stereocenters. The predicted octanol–water partition coefficient (Wildman–Crippen LogP) is 4.38. The molecule has 0 amide bonds. The van der Waals surface area contributed by atoms with Crippen LogP contribution in [0, 0.1) is 5.41 Å².